The third kappa shape index (κ3) is 2.82. The molecule has 4 nitrogen and oxygen atoms in total. The number of imidazole rings is 1. The first kappa shape index (κ1) is 14.6. The van der Waals surface area contributed by atoms with Crippen LogP contribution < -0.4 is 0 Å². The molecule has 114 valence electrons. The average Bonchev–Trinajstić information content (AvgIpc) is 3.23. The molecule has 0 fully saturated rings. The fourth-order valence-corrected chi connectivity index (χ4v) is 2.91. The highest BCUT2D eigenvalue weighted by Gasteiger charge is 2.27. The molecule has 0 saturated carbocycles. The van der Waals surface area contributed by atoms with Crippen LogP contribution in [0.25, 0.3) is 11.4 Å². The van der Waals surface area contributed by atoms with Gasteiger partial charge in [-0.3, -0.25) is 4.79 Å². The Hall–Kier alpha value is -2.36. The van der Waals surface area contributed by atoms with Crippen molar-refractivity contribution in [3.05, 3.63) is 54.4 Å². The van der Waals surface area contributed by atoms with E-state index in [0.717, 1.165) is 30.7 Å². The van der Waals surface area contributed by atoms with Crippen LogP contribution >= 0.6 is 0 Å². The average molecular weight is 295 g/mol. The van der Waals surface area contributed by atoms with Gasteiger partial charge in [-0.15, -0.1) is 0 Å². The molecule has 4 heteroatoms. The fraction of sp³-hybridized carbons (Fsp3) is 0.333. The summed E-state index contributed by atoms with van der Waals surface area (Å²) in [5.41, 5.74) is 1.57. The van der Waals surface area contributed by atoms with Crippen molar-refractivity contribution < 1.29 is 4.79 Å². The van der Waals surface area contributed by atoms with E-state index in [9.17, 15) is 4.79 Å². The van der Waals surface area contributed by atoms with Gasteiger partial charge >= 0.3 is 0 Å². The van der Waals surface area contributed by atoms with E-state index in [2.05, 4.69) is 29.0 Å². The summed E-state index contributed by atoms with van der Waals surface area (Å²) < 4.78 is 0. The Bertz CT molecular complexity index is 661. The highest BCUT2D eigenvalue weighted by atomic mass is 16.2. The Labute approximate surface area is 130 Å². The standard InChI is InChI=1S/C18H21N3O/c1-2-3-7-14-8-6-13-21(14)18(22)16-10-5-4-9-15(16)17-19-11-12-20-17/h4-6,8-12,14H,2-3,7,13H2,1H3,(H,19,20). The number of hydrogen-bond donors (Lipinski definition) is 1. The van der Waals surface area contributed by atoms with Crippen molar-refractivity contribution in [2.75, 3.05) is 6.54 Å². The van der Waals surface area contributed by atoms with E-state index in [1.54, 1.807) is 12.4 Å². The van der Waals surface area contributed by atoms with Crippen LogP contribution in [0.3, 0.4) is 0 Å². The third-order valence-electron chi connectivity index (χ3n) is 4.09. The molecule has 0 aliphatic carbocycles. The lowest BCUT2D eigenvalue weighted by molar-refractivity contribution is 0.0744. The van der Waals surface area contributed by atoms with Crippen LogP contribution in [0.15, 0.2) is 48.8 Å². The van der Waals surface area contributed by atoms with Gasteiger partial charge in [0.05, 0.1) is 11.6 Å². The van der Waals surface area contributed by atoms with Crippen LogP contribution in [0, 0.1) is 0 Å². The molecule has 1 atom stereocenters. The second-order valence-corrected chi connectivity index (χ2v) is 5.58. The SMILES string of the molecule is CCCCC1C=CCN1C(=O)c1ccccc1-c1ncc[nH]1. The van der Waals surface area contributed by atoms with Gasteiger partial charge in [-0.05, 0) is 12.5 Å². The van der Waals surface area contributed by atoms with Gasteiger partial charge in [-0.25, -0.2) is 4.98 Å². The van der Waals surface area contributed by atoms with Gasteiger partial charge in [0.1, 0.15) is 5.82 Å². The molecular weight excluding hydrogens is 274 g/mol. The predicted octanol–water partition coefficient (Wildman–Crippen LogP) is 3.65. The molecule has 0 bridgehead atoms. The lowest BCUT2D eigenvalue weighted by Gasteiger charge is -2.25. The van der Waals surface area contributed by atoms with Gasteiger partial charge in [0, 0.05) is 24.5 Å². The molecule has 1 aromatic carbocycles. The molecule has 2 aromatic rings. The maximum absolute atomic E-state index is 13.0. The van der Waals surface area contributed by atoms with Crippen molar-refractivity contribution in [1.82, 2.24) is 14.9 Å². The molecule has 0 radical (unpaired) electrons. The van der Waals surface area contributed by atoms with E-state index >= 15 is 0 Å². The van der Waals surface area contributed by atoms with Gasteiger partial charge in [-0.2, -0.15) is 0 Å². The van der Waals surface area contributed by atoms with E-state index in [1.165, 1.54) is 0 Å². The Morgan fingerprint density at radius 2 is 2.27 bits per heavy atom. The number of hydrogen-bond acceptors (Lipinski definition) is 2. The van der Waals surface area contributed by atoms with Gasteiger partial charge in [0.25, 0.3) is 5.91 Å². The molecule has 1 N–H and O–H groups in total. The molecule has 0 saturated heterocycles. The van der Waals surface area contributed by atoms with Crippen LogP contribution in [-0.4, -0.2) is 33.4 Å². The number of carbonyl (C=O) groups is 1. The largest absolute Gasteiger partial charge is 0.345 e. The van der Waals surface area contributed by atoms with E-state index in [0.29, 0.717) is 12.1 Å². The van der Waals surface area contributed by atoms with E-state index in [-0.39, 0.29) is 11.9 Å². The van der Waals surface area contributed by atoms with Crippen molar-refractivity contribution in [1.29, 1.82) is 0 Å². The number of nitrogens with zero attached hydrogens (tertiary/aromatic N) is 2. The molecule has 1 aliphatic heterocycles. The number of unbranched alkanes of at least 4 members (excludes halogenated alkanes) is 1. The number of rotatable bonds is 5. The molecule has 1 aromatic heterocycles. The number of aromatic amines is 1. The summed E-state index contributed by atoms with van der Waals surface area (Å²) in [6.45, 7) is 2.87. The zero-order valence-electron chi connectivity index (χ0n) is 12.8. The molecule has 2 heterocycles. The van der Waals surface area contributed by atoms with Crippen LogP contribution in [0.2, 0.25) is 0 Å². The quantitative estimate of drug-likeness (QED) is 0.856. The van der Waals surface area contributed by atoms with Crippen LogP contribution in [0.4, 0.5) is 0 Å². The van der Waals surface area contributed by atoms with E-state index in [4.69, 9.17) is 0 Å². The fourth-order valence-electron chi connectivity index (χ4n) is 2.91. The molecular formula is C18H21N3O. The Kier molecular flexibility index (Phi) is 4.37. The number of H-pyrrole nitrogens is 1. The summed E-state index contributed by atoms with van der Waals surface area (Å²) in [7, 11) is 0. The zero-order valence-corrected chi connectivity index (χ0v) is 12.8. The van der Waals surface area contributed by atoms with E-state index in [1.807, 2.05) is 29.2 Å². The summed E-state index contributed by atoms with van der Waals surface area (Å²) in [5.74, 6) is 0.819. The maximum atomic E-state index is 13.0. The van der Waals surface area contributed by atoms with E-state index < -0.39 is 0 Å². The zero-order chi connectivity index (χ0) is 15.4. The van der Waals surface area contributed by atoms with Crippen LogP contribution in [0.1, 0.15) is 36.5 Å². The smallest absolute Gasteiger partial charge is 0.255 e. The molecule has 1 amide bonds. The summed E-state index contributed by atoms with van der Waals surface area (Å²) in [6.07, 6.45) is 11.0. The Morgan fingerprint density at radius 3 is 3.05 bits per heavy atom. The second-order valence-electron chi connectivity index (χ2n) is 5.58. The minimum Gasteiger partial charge on any atom is -0.345 e. The van der Waals surface area contributed by atoms with Crippen molar-refractivity contribution in [3.63, 3.8) is 0 Å². The lowest BCUT2D eigenvalue weighted by atomic mass is 10.0. The second kappa shape index (κ2) is 6.60. The Balaban J connectivity index is 1.87. The molecule has 22 heavy (non-hydrogen) atoms. The third-order valence-corrected chi connectivity index (χ3v) is 4.09. The highest BCUT2D eigenvalue weighted by molar-refractivity contribution is 6.00. The monoisotopic (exact) mass is 295 g/mol. The molecule has 1 aliphatic rings. The lowest BCUT2D eigenvalue weighted by Crippen LogP contribution is -2.36. The number of benzene rings is 1. The summed E-state index contributed by atoms with van der Waals surface area (Å²) in [6, 6.07) is 7.89. The number of nitrogens with one attached hydrogen (secondary N) is 1. The van der Waals surface area contributed by atoms with Crippen molar-refractivity contribution >= 4 is 5.91 Å². The van der Waals surface area contributed by atoms with Crippen LogP contribution in [-0.2, 0) is 0 Å². The first-order chi connectivity index (χ1) is 10.8. The maximum Gasteiger partial charge on any atom is 0.255 e. The Morgan fingerprint density at radius 1 is 1.41 bits per heavy atom. The van der Waals surface area contributed by atoms with Crippen molar-refractivity contribution in [2.45, 2.75) is 32.2 Å². The topological polar surface area (TPSA) is 49.0 Å². The highest BCUT2D eigenvalue weighted by Crippen LogP contribution is 2.25. The summed E-state index contributed by atoms with van der Waals surface area (Å²) in [4.78, 5) is 22.3. The van der Waals surface area contributed by atoms with Crippen molar-refractivity contribution in [3.8, 4) is 11.4 Å². The summed E-state index contributed by atoms with van der Waals surface area (Å²) >= 11 is 0. The first-order valence-electron chi connectivity index (χ1n) is 7.87. The predicted molar refractivity (Wildman–Crippen MR) is 87.5 cm³/mol. The van der Waals surface area contributed by atoms with Gasteiger partial charge in [0.2, 0.25) is 0 Å². The minimum atomic E-state index is 0.0816. The molecule has 0 spiro atoms. The number of aromatic nitrogens is 2. The van der Waals surface area contributed by atoms with Gasteiger partial charge < -0.3 is 9.88 Å². The summed E-state index contributed by atoms with van der Waals surface area (Å²) in [5, 5.41) is 0. The normalized spacial score (nSPS) is 17.1. The van der Waals surface area contributed by atoms with Crippen molar-refractivity contribution in [2.24, 2.45) is 0 Å². The molecule has 3 rings (SSSR count). The molecule has 1 unspecified atom stereocenters. The minimum absolute atomic E-state index is 0.0816. The van der Waals surface area contributed by atoms with Gasteiger partial charge in [0.15, 0.2) is 0 Å². The van der Waals surface area contributed by atoms with Crippen LogP contribution in [0.5, 0.6) is 0 Å². The number of amides is 1. The number of carbonyl (C=O) groups excluding carboxylic acids is 1. The first-order valence-corrected chi connectivity index (χ1v) is 7.87. The van der Waals surface area contributed by atoms with Gasteiger partial charge in [-0.1, -0.05) is 50.1 Å².